The standard InChI is InChI=1S/C46H79N5O16/c52-15-17-56-19-21-58-23-25-60-27-29-62-31-33-64-35-37-66-43-5-1-3-41(45(43)54)39-50-13-11-48-9-7-47-8-10-49-12-14-51-40-42-4-2-6-44(46(42)55)67-38-36-65-34-32-63-30-28-61-26-24-59-22-20-57-18-16-53/h1-6,39-40,47-49,52-55H,7-38H2. The first kappa shape index (κ1) is 59.5. The summed E-state index contributed by atoms with van der Waals surface area (Å²) in [5.41, 5.74) is 1.16. The number of aliphatic imine (C=N–C) groups is 2. The van der Waals surface area contributed by atoms with E-state index < -0.39 is 0 Å². The summed E-state index contributed by atoms with van der Waals surface area (Å²) in [6.45, 7) is 15.0. The van der Waals surface area contributed by atoms with Gasteiger partial charge in [0.05, 0.1) is 158 Å². The number of aliphatic hydroxyl groups is 2. The van der Waals surface area contributed by atoms with Crippen LogP contribution in [-0.2, 0) is 47.4 Å². The number of phenols is 2. The maximum Gasteiger partial charge on any atom is 0.166 e. The zero-order valence-corrected chi connectivity index (χ0v) is 39.3. The monoisotopic (exact) mass is 958 g/mol. The smallest absolute Gasteiger partial charge is 0.166 e. The molecule has 0 aromatic heterocycles. The number of hydrogen-bond acceptors (Lipinski definition) is 21. The molecule has 0 radical (unpaired) electrons. The van der Waals surface area contributed by atoms with Gasteiger partial charge in [0.25, 0.3) is 0 Å². The highest BCUT2D eigenvalue weighted by atomic mass is 16.6. The van der Waals surface area contributed by atoms with Crippen LogP contribution < -0.4 is 25.4 Å². The fourth-order valence-corrected chi connectivity index (χ4v) is 5.38. The Morgan fingerprint density at radius 1 is 0.358 bits per heavy atom. The van der Waals surface area contributed by atoms with Crippen molar-refractivity contribution < 1.29 is 77.3 Å². The number of ether oxygens (including phenoxy) is 12. The first-order chi connectivity index (χ1) is 33.2. The lowest BCUT2D eigenvalue weighted by Gasteiger charge is -2.10. The van der Waals surface area contributed by atoms with E-state index in [4.69, 9.17) is 67.1 Å². The van der Waals surface area contributed by atoms with Crippen molar-refractivity contribution >= 4 is 12.4 Å². The van der Waals surface area contributed by atoms with Gasteiger partial charge >= 0.3 is 0 Å². The molecule has 0 spiro atoms. The fraction of sp³-hybridized carbons (Fsp3) is 0.696. The minimum Gasteiger partial charge on any atom is -0.504 e. The Labute approximate surface area is 396 Å². The van der Waals surface area contributed by atoms with Crippen LogP contribution in [0.1, 0.15) is 11.1 Å². The van der Waals surface area contributed by atoms with E-state index in [1.807, 2.05) is 12.1 Å². The largest absolute Gasteiger partial charge is 0.504 e. The molecule has 384 valence electrons. The molecule has 0 heterocycles. The van der Waals surface area contributed by atoms with Crippen molar-refractivity contribution in [1.29, 1.82) is 0 Å². The summed E-state index contributed by atoms with van der Waals surface area (Å²) in [5, 5.41) is 48.6. The average molecular weight is 958 g/mol. The molecule has 7 N–H and O–H groups in total. The second kappa shape index (κ2) is 46.1. The average Bonchev–Trinajstić information content (AvgIpc) is 3.34. The normalized spacial score (nSPS) is 11.7. The lowest BCUT2D eigenvalue weighted by molar-refractivity contribution is -0.0147. The van der Waals surface area contributed by atoms with Crippen molar-refractivity contribution in [1.82, 2.24) is 16.0 Å². The van der Waals surface area contributed by atoms with Gasteiger partial charge in [-0.3, -0.25) is 9.98 Å². The Hall–Kier alpha value is -3.62. The van der Waals surface area contributed by atoms with E-state index in [9.17, 15) is 10.2 Å². The Balaban J connectivity index is 1.37. The van der Waals surface area contributed by atoms with E-state index >= 15 is 0 Å². The lowest BCUT2D eigenvalue weighted by atomic mass is 10.2. The Kier molecular flexibility index (Phi) is 41.0. The van der Waals surface area contributed by atoms with Crippen LogP contribution in [0.15, 0.2) is 46.4 Å². The first-order valence-electron chi connectivity index (χ1n) is 23.2. The van der Waals surface area contributed by atoms with Crippen LogP contribution in [0.4, 0.5) is 0 Å². The lowest BCUT2D eigenvalue weighted by Crippen LogP contribution is -2.34. The van der Waals surface area contributed by atoms with Crippen LogP contribution in [0.3, 0.4) is 0 Å². The van der Waals surface area contributed by atoms with Gasteiger partial charge in [-0.05, 0) is 24.3 Å². The highest BCUT2D eigenvalue weighted by Gasteiger charge is 2.08. The molecule has 2 rings (SSSR count). The van der Waals surface area contributed by atoms with E-state index in [2.05, 4.69) is 25.9 Å². The summed E-state index contributed by atoms with van der Waals surface area (Å²) >= 11 is 0. The predicted molar refractivity (Wildman–Crippen MR) is 253 cm³/mol. The summed E-state index contributed by atoms with van der Waals surface area (Å²) in [4.78, 5) is 8.86. The maximum absolute atomic E-state index is 10.6. The van der Waals surface area contributed by atoms with Gasteiger partial charge < -0.3 is 93.2 Å². The van der Waals surface area contributed by atoms with Gasteiger partial charge in [-0.1, -0.05) is 12.1 Å². The zero-order valence-electron chi connectivity index (χ0n) is 39.3. The van der Waals surface area contributed by atoms with Gasteiger partial charge in [-0.15, -0.1) is 0 Å². The number of nitrogens with one attached hydrogen (secondary N) is 3. The summed E-state index contributed by atoms with van der Waals surface area (Å²) < 4.78 is 65.2. The molecule has 0 aliphatic heterocycles. The number of phenolic OH excluding ortho intramolecular Hbond substituents is 2. The van der Waals surface area contributed by atoms with Crippen molar-refractivity contribution in [2.24, 2.45) is 9.98 Å². The number of nitrogens with zero attached hydrogens (tertiary/aromatic N) is 2. The fourth-order valence-electron chi connectivity index (χ4n) is 5.38. The number of aromatic hydroxyl groups is 2. The topological polar surface area (TPSA) is 252 Å². The molecular formula is C46H79N5O16. The summed E-state index contributed by atoms with van der Waals surface area (Å²) in [6, 6.07) is 10.6. The molecule has 2 aromatic rings. The molecule has 2 aromatic carbocycles. The number of aliphatic hydroxyl groups excluding tert-OH is 2. The van der Waals surface area contributed by atoms with Crippen LogP contribution in [-0.4, -0.2) is 244 Å². The van der Waals surface area contributed by atoms with Crippen LogP contribution in [0, 0.1) is 0 Å². The molecule has 21 nitrogen and oxygen atoms in total. The van der Waals surface area contributed by atoms with Crippen LogP contribution in [0.25, 0.3) is 0 Å². The highest BCUT2D eigenvalue weighted by Crippen LogP contribution is 2.29. The maximum atomic E-state index is 10.6. The van der Waals surface area contributed by atoms with Gasteiger partial charge in [0.15, 0.2) is 23.0 Å². The van der Waals surface area contributed by atoms with E-state index in [1.165, 1.54) is 0 Å². The van der Waals surface area contributed by atoms with Crippen molar-refractivity contribution in [3.8, 4) is 23.0 Å². The minimum absolute atomic E-state index is 0.00844. The second-order valence-corrected chi connectivity index (χ2v) is 14.0. The number of hydrogen-bond donors (Lipinski definition) is 7. The van der Waals surface area contributed by atoms with E-state index in [1.54, 1.807) is 36.7 Å². The van der Waals surface area contributed by atoms with Crippen LogP contribution in [0.2, 0.25) is 0 Å². The van der Waals surface area contributed by atoms with Crippen molar-refractivity contribution in [2.45, 2.75) is 0 Å². The molecule has 0 unspecified atom stereocenters. The molecule has 0 fully saturated rings. The Morgan fingerprint density at radius 2 is 0.627 bits per heavy atom. The highest BCUT2D eigenvalue weighted by molar-refractivity contribution is 5.85. The third-order valence-corrected chi connectivity index (χ3v) is 8.73. The van der Waals surface area contributed by atoms with E-state index in [-0.39, 0.29) is 37.9 Å². The zero-order chi connectivity index (χ0) is 47.8. The van der Waals surface area contributed by atoms with E-state index in [0.29, 0.717) is 181 Å². The quantitative estimate of drug-likeness (QED) is 0.0348. The van der Waals surface area contributed by atoms with Crippen LogP contribution in [0.5, 0.6) is 23.0 Å². The van der Waals surface area contributed by atoms with Gasteiger partial charge in [0.1, 0.15) is 13.2 Å². The minimum atomic E-state index is 0.00844. The van der Waals surface area contributed by atoms with Gasteiger partial charge in [-0.2, -0.15) is 0 Å². The molecular weight excluding hydrogens is 879 g/mol. The summed E-state index contributed by atoms with van der Waals surface area (Å²) in [5.74, 6) is 0.823. The van der Waals surface area contributed by atoms with Gasteiger partial charge in [0, 0.05) is 62.8 Å². The van der Waals surface area contributed by atoms with Gasteiger partial charge in [-0.25, -0.2) is 0 Å². The molecule has 0 aliphatic rings. The molecule has 0 saturated carbocycles. The summed E-state index contributed by atoms with van der Waals surface area (Å²) in [7, 11) is 0. The van der Waals surface area contributed by atoms with Crippen molar-refractivity contribution in [3.05, 3.63) is 47.5 Å². The third-order valence-electron chi connectivity index (χ3n) is 8.73. The second-order valence-electron chi connectivity index (χ2n) is 14.0. The number of para-hydroxylation sites is 2. The molecule has 21 heteroatoms. The van der Waals surface area contributed by atoms with Crippen LogP contribution >= 0.6 is 0 Å². The molecule has 0 atom stereocenters. The SMILES string of the molecule is OCCOCCOCCOCCOCCOCCOc1cccc(C=NCCNCCNCCNCCN=Cc2cccc(OCCOCCOCCOCCOCCOCCO)c2O)c1O. The number of rotatable bonds is 50. The Morgan fingerprint density at radius 3 is 0.925 bits per heavy atom. The Bertz CT molecular complexity index is 1360. The predicted octanol–water partition coefficient (Wildman–Crippen LogP) is 0.313. The molecule has 0 saturated heterocycles. The van der Waals surface area contributed by atoms with Crippen molar-refractivity contribution in [2.75, 3.05) is 211 Å². The first-order valence-corrected chi connectivity index (χ1v) is 23.2. The van der Waals surface area contributed by atoms with Gasteiger partial charge in [0.2, 0.25) is 0 Å². The summed E-state index contributed by atoms with van der Waals surface area (Å²) in [6.07, 6.45) is 3.29. The molecule has 0 bridgehead atoms. The molecule has 0 aliphatic carbocycles. The van der Waals surface area contributed by atoms with E-state index in [0.717, 1.165) is 26.2 Å². The molecule has 0 amide bonds. The third kappa shape index (κ3) is 35.2. The number of benzene rings is 2. The van der Waals surface area contributed by atoms with Crippen molar-refractivity contribution in [3.63, 3.8) is 0 Å². The molecule has 67 heavy (non-hydrogen) atoms.